The average Bonchev–Trinajstić information content (AvgIpc) is 2.66. The van der Waals surface area contributed by atoms with Gasteiger partial charge in [0, 0.05) is 0 Å². The highest BCUT2D eigenvalue weighted by Crippen LogP contribution is 2.29. The van der Waals surface area contributed by atoms with Gasteiger partial charge in [0.05, 0.1) is 0 Å². The molecule has 0 saturated heterocycles. The fourth-order valence-electron chi connectivity index (χ4n) is 5.41. The highest BCUT2D eigenvalue weighted by atomic mass is 28.5. The molecule has 0 saturated carbocycles. The molecular formula is C27H64O4Si5. The summed E-state index contributed by atoms with van der Waals surface area (Å²) < 4.78 is 27.1. The van der Waals surface area contributed by atoms with Gasteiger partial charge in [0.15, 0.2) is 16.6 Å². The minimum atomic E-state index is -2.38. The van der Waals surface area contributed by atoms with Crippen molar-refractivity contribution in [1.29, 1.82) is 0 Å². The first-order valence-corrected chi connectivity index (χ1v) is 29.6. The van der Waals surface area contributed by atoms with E-state index in [2.05, 4.69) is 72.4 Å². The maximum Gasteiger partial charge on any atom is 0.314 e. The summed E-state index contributed by atoms with van der Waals surface area (Å²) in [5, 5.41) is 0. The van der Waals surface area contributed by atoms with Crippen LogP contribution >= 0.6 is 0 Å². The van der Waals surface area contributed by atoms with Crippen LogP contribution in [-0.2, 0) is 16.5 Å². The summed E-state index contributed by atoms with van der Waals surface area (Å²) in [6, 6.07) is 2.42. The molecule has 36 heavy (non-hydrogen) atoms. The van der Waals surface area contributed by atoms with Crippen LogP contribution < -0.4 is 0 Å². The molecule has 0 amide bonds. The smallest absolute Gasteiger partial charge is 0.314 e. The molecular weight excluding hydrogens is 529 g/mol. The van der Waals surface area contributed by atoms with Crippen LogP contribution in [0.1, 0.15) is 90.4 Å². The third-order valence-corrected chi connectivity index (χ3v) is 25.7. The fourth-order valence-corrected chi connectivity index (χ4v) is 30.2. The van der Waals surface area contributed by atoms with Gasteiger partial charge in [-0.25, -0.2) is 0 Å². The van der Waals surface area contributed by atoms with Crippen molar-refractivity contribution in [2.24, 2.45) is 0 Å². The minimum absolute atomic E-state index is 0.811. The first kappa shape index (κ1) is 36.9. The molecule has 0 spiro atoms. The van der Waals surface area contributed by atoms with Crippen LogP contribution in [0, 0.1) is 6.92 Å². The summed E-state index contributed by atoms with van der Waals surface area (Å²) in [5.74, 6) is 0. The first-order valence-electron chi connectivity index (χ1n) is 15.0. The molecule has 9 heteroatoms. The molecule has 4 nitrogen and oxygen atoms in total. The Hall–Kier alpha value is 0.924. The summed E-state index contributed by atoms with van der Waals surface area (Å²) in [7, 11) is -10.5. The lowest BCUT2D eigenvalue weighted by molar-refractivity contribution is 0.298. The van der Waals surface area contributed by atoms with Crippen molar-refractivity contribution >= 4 is 42.3 Å². The summed E-state index contributed by atoms with van der Waals surface area (Å²) in [4.78, 5) is 0. The Morgan fingerprint density at radius 3 is 1.08 bits per heavy atom. The number of rotatable bonds is 23. The molecule has 0 rings (SSSR count). The third-order valence-electron chi connectivity index (χ3n) is 6.39. The lowest BCUT2D eigenvalue weighted by Gasteiger charge is -2.42. The normalized spacial score (nSPS) is 14.0. The van der Waals surface area contributed by atoms with Crippen LogP contribution in [0.15, 0.2) is 0 Å². The quantitative estimate of drug-likeness (QED) is 0.0873. The fraction of sp³-hybridized carbons (Fsp3) is 0.963. The van der Waals surface area contributed by atoms with Crippen LogP contribution in [0.4, 0.5) is 0 Å². The van der Waals surface area contributed by atoms with E-state index in [-0.39, 0.29) is 0 Å². The van der Waals surface area contributed by atoms with Crippen LogP contribution in [0.2, 0.25) is 77.6 Å². The van der Waals surface area contributed by atoms with Crippen molar-refractivity contribution < 1.29 is 16.5 Å². The Bertz CT molecular complexity index is 568. The lowest BCUT2D eigenvalue weighted by atomic mass is 10.1. The molecule has 0 bridgehead atoms. The molecule has 0 atom stereocenters. The Morgan fingerprint density at radius 1 is 0.417 bits per heavy atom. The van der Waals surface area contributed by atoms with Crippen molar-refractivity contribution in [3.05, 3.63) is 6.92 Å². The van der Waals surface area contributed by atoms with E-state index in [9.17, 15) is 0 Å². The van der Waals surface area contributed by atoms with Gasteiger partial charge >= 0.3 is 25.7 Å². The topological polar surface area (TPSA) is 36.9 Å². The molecule has 216 valence electrons. The van der Waals surface area contributed by atoms with Gasteiger partial charge in [-0.2, -0.15) is 0 Å². The predicted molar refractivity (Wildman–Crippen MR) is 171 cm³/mol. The molecule has 0 aromatic rings. The van der Waals surface area contributed by atoms with E-state index >= 15 is 0 Å². The lowest BCUT2D eigenvalue weighted by Crippen LogP contribution is -2.58. The minimum Gasteiger partial charge on any atom is -0.436 e. The van der Waals surface area contributed by atoms with E-state index in [1.165, 1.54) is 82.7 Å². The molecule has 2 radical (unpaired) electrons. The monoisotopic (exact) mass is 592 g/mol. The second-order valence-electron chi connectivity index (χ2n) is 13.3. The molecule has 0 N–H and O–H groups in total. The highest BCUT2D eigenvalue weighted by molar-refractivity contribution is 6.90. The summed E-state index contributed by atoms with van der Waals surface area (Å²) in [6.07, 6.45) is 16.5. The molecule has 0 unspecified atom stereocenters. The van der Waals surface area contributed by atoms with Gasteiger partial charge < -0.3 is 16.5 Å². The summed E-state index contributed by atoms with van der Waals surface area (Å²) >= 11 is 0. The maximum absolute atomic E-state index is 6.80. The number of unbranched alkanes of at least 4 members (excludes halogenated alkanes) is 11. The van der Waals surface area contributed by atoms with E-state index in [4.69, 9.17) is 23.4 Å². The zero-order valence-electron chi connectivity index (χ0n) is 26.3. The van der Waals surface area contributed by atoms with Crippen LogP contribution in [0.5, 0.6) is 0 Å². The Kier molecular flexibility index (Phi) is 18.0. The predicted octanol–water partition coefficient (Wildman–Crippen LogP) is 10.4. The summed E-state index contributed by atoms with van der Waals surface area (Å²) in [5.41, 5.74) is 0. The van der Waals surface area contributed by atoms with Gasteiger partial charge in [0.1, 0.15) is 0 Å². The van der Waals surface area contributed by atoms with Gasteiger partial charge in [-0.1, -0.05) is 84.0 Å². The Labute approximate surface area is 233 Å². The summed E-state index contributed by atoms with van der Waals surface area (Å²) in [6.45, 7) is 30.5. The molecule has 0 aromatic carbocycles. The van der Waals surface area contributed by atoms with Crippen molar-refractivity contribution in [3.8, 4) is 0 Å². The van der Waals surface area contributed by atoms with Gasteiger partial charge in [-0.05, 0) is 90.9 Å². The van der Waals surface area contributed by atoms with Gasteiger partial charge in [0.25, 0.3) is 0 Å². The molecule has 0 aromatic heterocycles. The van der Waals surface area contributed by atoms with Crippen molar-refractivity contribution in [3.63, 3.8) is 0 Å². The Morgan fingerprint density at radius 2 is 0.722 bits per heavy atom. The van der Waals surface area contributed by atoms with Crippen molar-refractivity contribution in [2.45, 2.75) is 168 Å². The van der Waals surface area contributed by atoms with E-state index in [1.807, 2.05) is 0 Å². The number of hydrogen-bond donors (Lipinski definition) is 0. The molecule has 0 fully saturated rings. The van der Waals surface area contributed by atoms with Crippen LogP contribution in [0.25, 0.3) is 0 Å². The second-order valence-corrected chi connectivity index (χ2v) is 33.0. The van der Waals surface area contributed by atoms with Gasteiger partial charge in [-0.15, -0.1) is 0 Å². The van der Waals surface area contributed by atoms with Crippen LogP contribution in [-0.4, -0.2) is 42.3 Å². The zero-order valence-corrected chi connectivity index (χ0v) is 31.3. The van der Waals surface area contributed by atoms with Gasteiger partial charge in [-0.3, -0.25) is 0 Å². The zero-order chi connectivity index (χ0) is 27.9. The van der Waals surface area contributed by atoms with E-state index in [1.54, 1.807) is 0 Å². The van der Waals surface area contributed by atoms with Crippen molar-refractivity contribution in [1.82, 2.24) is 0 Å². The Balaban J connectivity index is 4.64. The molecule has 0 heterocycles. The second kappa shape index (κ2) is 17.6. The molecule has 0 aliphatic rings. The molecule has 0 aliphatic heterocycles. The maximum atomic E-state index is 6.80. The van der Waals surface area contributed by atoms with E-state index < -0.39 is 42.3 Å². The third kappa shape index (κ3) is 20.8. The van der Waals surface area contributed by atoms with Crippen molar-refractivity contribution in [2.75, 3.05) is 0 Å². The largest absolute Gasteiger partial charge is 0.436 e. The molecule has 0 aliphatic carbocycles. The van der Waals surface area contributed by atoms with Gasteiger partial charge in [0.2, 0.25) is 0 Å². The van der Waals surface area contributed by atoms with E-state index in [0.29, 0.717) is 0 Å². The highest BCUT2D eigenvalue weighted by Gasteiger charge is 2.45. The standard InChI is InChI=1S/C27H64O4Si5/c1-13-15-17-19-21-23-25-27-33(5,6)29-35(9,10)31-36(11,12)30-34(7,8)28-32(3,4)26-24-22-20-18-16-14-2/h2H,13-27H2,1,3-12H3. The number of hydrogen-bond acceptors (Lipinski definition) is 4. The SMILES string of the molecule is [CH]CCCCCCC[Si](C)(C)O[Si](C)(C)O[Si](C)(C)O[Si](C)(C)O[Si](C)(C)CCCCCCCCC. The van der Waals surface area contributed by atoms with Crippen LogP contribution in [0.3, 0.4) is 0 Å². The van der Waals surface area contributed by atoms with E-state index in [0.717, 1.165) is 12.8 Å². The first-order chi connectivity index (χ1) is 16.4. The average molecular weight is 593 g/mol.